The summed E-state index contributed by atoms with van der Waals surface area (Å²) < 4.78 is 0. The summed E-state index contributed by atoms with van der Waals surface area (Å²) in [6.45, 7) is 0.863. The van der Waals surface area contributed by atoms with Crippen molar-refractivity contribution >= 4 is 16.8 Å². The van der Waals surface area contributed by atoms with Gasteiger partial charge in [0.05, 0.1) is 0 Å². The van der Waals surface area contributed by atoms with E-state index in [-0.39, 0.29) is 5.91 Å². The van der Waals surface area contributed by atoms with E-state index in [1.807, 2.05) is 0 Å². The minimum absolute atomic E-state index is 0.276. The number of benzene rings is 1. The Morgan fingerprint density at radius 2 is 1.85 bits per heavy atom. The lowest BCUT2D eigenvalue weighted by Crippen LogP contribution is -2.36. The van der Waals surface area contributed by atoms with Gasteiger partial charge in [-0.1, -0.05) is 37.5 Å². The molecular formula is C22H31N3O. The van der Waals surface area contributed by atoms with Gasteiger partial charge in [-0.05, 0) is 55.5 Å². The van der Waals surface area contributed by atoms with E-state index < -0.39 is 0 Å². The molecule has 140 valence electrons. The van der Waals surface area contributed by atoms with Crippen molar-refractivity contribution in [1.82, 2.24) is 15.6 Å². The second-order valence-electron chi connectivity index (χ2n) is 8.25. The van der Waals surface area contributed by atoms with Crippen LogP contribution in [0.5, 0.6) is 0 Å². The summed E-state index contributed by atoms with van der Waals surface area (Å²) in [5.74, 6) is 0.902. The maximum absolute atomic E-state index is 12.3. The van der Waals surface area contributed by atoms with Crippen LogP contribution in [-0.2, 0) is 11.3 Å². The normalized spacial score (nSPS) is 24.2. The van der Waals surface area contributed by atoms with E-state index in [4.69, 9.17) is 0 Å². The summed E-state index contributed by atoms with van der Waals surface area (Å²) in [4.78, 5) is 15.8. The number of nitrogens with one attached hydrogen (secondary N) is 3. The lowest BCUT2D eigenvalue weighted by atomic mass is 9.87. The topological polar surface area (TPSA) is 56.9 Å². The molecule has 1 amide bonds. The average Bonchev–Trinajstić information content (AvgIpc) is 3.26. The van der Waals surface area contributed by atoms with Gasteiger partial charge in [-0.25, -0.2) is 0 Å². The highest BCUT2D eigenvalue weighted by molar-refractivity contribution is 5.80. The maximum atomic E-state index is 12.3. The molecule has 0 unspecified atom stereocenters. The number of rotatable bonds is 6. The standard InChI is InChI=1S/C22H31N3O/c26-22(12-16-6-2-1-3-7-16)25-19-11-10-18(14-19)23-15-20-13-17-8-4-5-9-21(17)24-20/h4-5,8-9,13,16,18-19,23-24H,1-3,6-7,10-12,14-15H2,(H,25,26)/t18-,19-/m0/s1. The monoisotopic (exact) mass is 353 g/mol. The van der Waals surface area contributed by atoms with Gasteiger partial charge in [-0.2, -0.15) is 0 Å². The average molecular weight is 354 g/mol. The molecule has 0 aliphatic heterocycles. The minimum atomic E-state index is 0.276. The van der Waals surface area contributed by atoms with Crippen molar-refractivity contribution in [3.8, 4) is 0 Å². The molecule has 2 aromatic rings. The van der Waals surface area contributed by atoms with Crippen molar-refractivity contribution in [2.24, 2.45) is 5.92 Å². The van der Waals surface area contributed by atoms with Crippen LogP contribution >= 0.6 is 0 Å². The molecule has 3 N–H and O–H groups in total. The SMILES string of the molecule is O=C(CC1CCCCC1)N[C@H]1CC[C@H](NCc2cc3ccccc3[nH]2)C1. The fourth-order valence-electron chi connectivity index (χ4n) is 4.72. The van der Waals surface area contributed by atoms with Crippen LogP contribution in [0.15, 0.2) is 30.3 Å². The summed E-state index contributed by atoms with van der Waals surface area (Å²) in [5.41, 5.74) is 2.43. The Labute approximate surface area is 156 Å². The van der Waals surface area contributed by atoms with Gasteiger partial charge in [0.15, 0.2) is 0 Å². The van der Waals surface area contributed by atoms with Gasteiger partial charge in [0.1, 0.15) is 0 Å². The summed E-state index contributed by atoms with van der Waals surface area (Å²) in [6, 6.07) is 11.5. The molecule has 1 aromatic heterocycles. The van der Waals surface area contributed by atoms with Gasteiger partial charge in [-0.15, -0.1) is 0 Å². The highest BCUT2D eigenvalue weighted by Gasteiger charge is 2.26. The molecule has 4 rings (SSSR count). The molecule has 0 bridgehead atoms. The zero-order chi connectivity index (χ0) is 17.8. The largest absolute Gasteiger partial charge is 0.357 e. The van der Waals surface area contributed by atoms with Crippen LogP contribution in [0.3, 0.4) is 0 Å². The number of carbonyl (C=O) groups excluding carboxylic acids is 1. The number of carbonyl (C=O) groups is 1. The third kappa shape index (κ3) is 4.47. The molecular weight excluding hydrogens is 322 g/mol. The molecule has 0 radical (unpaired) electrons. The van der Waals surface area contributed by atoms with Crippen LogP contribution in [0.4, 0.5) is 0 Å². The highest BCUT2D eigenvalue weighted by Crippen LogP contribution is 2.27. The fraction of sp³-hybridized carbons (Fsp3) is 0.591. The van der Waals surface area contributed by atoms with Crippen molar-refractivity contribution in [1.29, 1.82) is 0 Å². The summed E-state index contributed by atoms with van der Waals surface area (Å²) in [6.07, 6.45) is 10.5. The number of H-pyrrole nitrogens is 1. The molecule has 2 fully saturated rings. The Bertz CT molecular complexity index is 699. The summed E-state index contributed by atoms with van der Waals surface area (Å²) >= 11 is 0. The van der Waals surface area contributed by atoms with Crippen LogP contribution in [0.2, 0.25) is 0 Å². The van der Waals surface area contributed by atoms with Crippen molar-refractivity contribution in [2.45, 2.75) is 76.4 Å². The van der Waals surface area contributed by atoms with Crippen LogP contribution in [0.25, 0.3) is 10.9 Å². The first-order valence-corrected chi connectivity index (χ1v) is 10.4. The molecule has 0 spiro atoms. The number of hydrogen-bond acceptors (Lipinski definition) is 2. The van der Waals surface area contributed by atoms with Gasteiger partial charge < -0.3 is 15.6 Å². The molecule has 2 aliphatic rings. The van der Waals surface area contributed by atoms with Crippen molar-refractivity contribution < 1.29 is 4.79 Å². The molecule has 4 heteroatoms. The Morgan fingerprint density at radius 1 is 1.04 bits per heavy atom. The molecule has 1 heterocycles. The molecule has 1 aromatic carbocycles. The van der Waals surface area contributed by atoms with Crippen LogP contribution in [-0.4, -0.2) is 23.0 Å². The van der Waals surface area contributed by atoms with Crippen molar-refractivity contribution in [3.05, 3.63) is 36.0 Å². The van der Waals surface area contributed by atoms with E-state index in [1.54, 1.807) is 0 Å². The number of amides is 1. The van der Waals surface area contributed by atoms with Gasteiger partial charge in [0, 0.05) is 36.3 Å². The Balaban J connectivity index is 1.20. The fourth-order valence-corrected chi connectivity index (χ4v) is 4.72. The van der Waals surface area contributed by atoms with Crippen LogP contribution in [0, 0.1) is 5.92 Å². The molecule has 2 aliphatic carbocycles. The van der Waals surface area contributed by atoms with Gasteiger partial charge in [0.25, 0.3) is 0 Å². The third-order valence-corrected chi connectivity index (χ3v) is 6.16. The summed E-state index contributed by atoms with van der Waals surface area (Å²) in [5, 5.41) is 8.22. The van der Waals surface area contributed by atoms with Crippen molar-refractivity contribution in [3.63, 3.8) is 0 Å². The maximum Gasteiger partial charge on any atom is 0.220 e. The van der Waals surface area contributed by atoms with Crippen LogP contribution < -0.4 is 10.6 Å². The predicted molar refractivity (Wildman–Crippen MR) is 106 cm³/mol. The highest BCUT2D eigenvalue weighted by atomic mass is 16.1. The lowest BCUT2D eigenvalue weighted by Gasteiger charge is -2.22. The van der Waals surface area contributed by atoms with E-state index in [2.05, 4.69) is 45.9 Å². The quantitative estimate of drug-likeness (QED) is 0.726. The second-order valence-corrected chi connectivity index (χ2v) is 8.25. The molecule has 4 nitrogen and oxygen atoms in total. The van der Waals surface area contributed by atoms with E-state index >= 15 is 0 Å². The second kappa shape index (κ2) is 8.26. The van der Waals surface area contributed by atoms with Gasteiger partial charge in [0.2, 0.25) is 5.91 Å². The first kappa shape index (κ1) is 17.6. The van der Waals surface area contributed by atoms with E-state index in [9.17, 15) is 4.79 Å². The number of aromatic amines is 1. The number of aromatic nitrogens is 1. The van der Waals surface area contributed by atoms with Gasteiger partial charge in [-0.3, -0.25) is 4.79 Å². The number of fused-ring (bicyclic) bond motifs is 1. The zero-order valence-corrected chi connectivity index (χ0v) is 15.6. The third-order valence-electron chi connectivity index (χ3n) is 6.16. The molecule has 2 atom stereocenters. The van der Waals surface area contributed by atoms with Gasteiger partial charge >= 0.3 is 0 Å². The van der Waals surface area contributed by atoms with Crippen LogP contribution in [0.1, 0.15) is 63.5 Å². The number of para-hydroxylation sites is 1. The molecule has 2 saturated carbocycles. The Hall–Kier alpha value is -1.81. The van der Waals surface area contributed by atoms with Crippen molar-refractivity contribution in [2.75, 3.05) is 0 Å². The summed E-state index contributed by atoms with van der Waals surface area (Å²) in [7, 11) is 0. The van der Waals surface area contributed by atoms with E-state index in [1.165, 1.54) is 48.7 Å². The Kier molecular flexibility index (Phi) is 5.59. The molecule has 0 saturated heterocycles. The first-order chi connectivity index (χ1) is 12.8. The first-order valence-electron chi connectivity index (χ1n) is 10.4. The lowest BCUT2D eigenvalue weighted by molar-refractivity contribution is -0.122. The predicted octanol–water partition coefficient (Wildman–Crippen LogP) is 4.27. The molecule has 26 heavy (non-hydrogen) atoms. The zero-order valence-electron chi connectivity index (χ0n) is 15.6. The minimum Gasteiger partial charge on any atom is -0.357 e. The van der Waals surface area contributed by atoms with E-state index in [0.29, 0.717) is 18.0 Å². The van der Waals surface area contributed by atoms with E-state index in [0.717, 1.165) is 32.2 Å². The smallest absolute Gasteiger partial charge is 0.220 e. The Morgan fingerprint density at radius 3 is 2.69 bits per heavy atom. The number of hydrogen-bond donors (Lipinski definition) is 3.